The average molecular weight is 567 g/mol. The molecule has 4 atom stereocenters. The molecule has 0 unspecified atom stereocenters. The Hall–Kier alpha value is -3.70. The monoisotopic (exact) mass is 566 g/mol. The first kappa shape index (κ1) is 27.5. The number of aryl methyl sites for hydroxylation is 1. The summed E-state index contributed by atoms with van der Waals surface area (Å²) < 4.78 is 0. The lowest BCUT2D eigenvalue weighted by atomic mass is 9.63. The van der Waals surface area contributed by atoms with Crippen LogP contribution in [0.15, 0.2) is 72.8 Å². The van der Waals surface area contributed by atoms with Gasteiger partial charge in [0.15, 0.2) is 11.6 Å². The zero-order chi connectivity index (χ0) is 29.3. The highest BCUT2D eigenvalue weighted by molar-refractivity contribution is 6.31. The van der Waals surface area contributed by atoms with Crippen LogP contribution in [0.25, 0.3) is 5.57 Å². The van der Waals surface area contributed by atoms with Crippen molar-refractivity contribution in [3.8, 4) is 0 Å². The van der Waals surface area contributed by atoms with E-state index in [1.165, 1.54) is 0 Å². The lowest BCUT2D eigenvalue weighted by Gasteiger charge is -2.40. The molecule has 3 aliphatic rings. The number of allylic oxidation sites excluding steroid dienone is 1. The second kappa shape index (κ2) is 9.70. The molecule has 3 aromatic rings. The zero-order valence-corrected chi connectivity index (χ0v) is 24.9. The molecule has 1 spiro atoms. The quantitative estimate of drug-likeness (QED) is 0.330. The van der Waals surface area contributed by atoms with Gasteiger partial charge in [0.1, 0.15) is 11.5 Å². The minimum atomic E-state index is -1.31. The van der Waals surface area contributed by atoms with Gasteiger partial charge in [0.2, 0.25) is 5.91 Å². The SMILES string of the molecule is CCCc1ccc(C(=O)[C@@H]2[C@H](C(=O)C(C)(C)C)N3c4ccc(Cl)cc4C(C)=C[C@H]3[C@]23C(=O)Nc2ccccc23)cc1. The van der Waals surface area contributed by atoms with E-state index >= 15 is 0 Å². The number of anilines is 2. The summed E-state index contributed by atoms with van der Waals surface area (Å²) >= 11 is 6.43. The van der Waals surface area contributed by atoms with Gasteiger partial charge in [0, 0.05) is 32.9 Å². The van der Waals surface area contributed by atoms with Crippen molar-refractivity contribution in [1.82, 2.24) is 0 Å². The molecule has 210 valence electrons. The normalized spacial score (nSPS) is 24.4. The van der Waals surface area contributed by atoms with Gasteiger partial charge in [0.05, 0.1) is 12.0 Å². The second-order valence-corrected chi connectivity index (χ2v) is 13.0. The Kier molecular flexibility index (Phi) is 6.50. The summed E-state index contributed by atoms with van der Waals surface area (Å²) in [4.78, 5) is 45.9. The Labute approximate surface area is 246 Å². The first-order valence-corrected chi connectivity index (χ1v) is 14.7. The number of hydrogen-bond acceptors (Lipinski definition) is 4. The van der Waals surface area contributed by atoms with Crippen LogP contribution in [0.1, 0.15) is 68.1 Å². The van der Waals surface area contributed by atoms with E-state index < -0.39 is 28.8 Å². The maximum atomic E-state index is 14.9. The van der Waals surface area contributed by atoms with E-state index in [0.717, 1.165) is 40.8 Å². The third kappa shape index (κ3) is 4.00. The molecule has 0 radical (unpaired) electrons. The van der Waals surface area contributed by atoms with Gasteiger partial charge in [-0.05, 0) is 54.3 Å². The first-order valence-electron chi connectivity index (χ1n) is 14.3. The predicted octanol–water partition coefficient (Wildman–Crippen LogP) is 7.27. The van der Waals surface area contributed by atoms with Crippen molar-refractivity contribution in [3.05, 3.63) is 100 Å². The van der Waals surface area contributed by atoms with E-state index in [1.807, 2.05) is 99.3 Å². The van der Waals surface area contributed by atoms with Crippen LogP contribution in [0.2, 0.25) is 5.02 Å². The molecule has 6 rings (SSSR count). The van der Waals surface area contributed by atoms with Crippen molar-refractivity contribution < 1.29 is 14.4 Å². The number of ketones is 2. The van der Waals surface area contributed by atoms with Crippen LogP contribution < -0.4 is 10.2 Å². The minimum Gasteiger partial charge on any atom is -0.352 e. The van der Waals surface area contributed by atoms with Gasteiger partial charge in [-0.2, -0.15) is 0 Å². The Morgan fingerprint density at radius 3 is 2.41 bits per heavy atom. The molecule has 3 aliphatic heterocycles. The van der Waals surface area contributed by atoms with Gasteiger partial charge in [-0.3, -0.25) is 14.4 Å². The summed E-state index contributed by atoms with van der Waals surface area (Å²) in [6.07, 6.45) is 3.98. The van der Waals surface area contributed by atoms with Crippen LogP contribution in [0.5, 0.6) is 0 Å². The van der Waals surface area contributed by atoms with E-state index in [-0.39, 0.29) is 17.5 Å². The number of nitrogens with zero attached hydrogens (tertiary/aromatic N) is 1. The van der Waals surface area contributed by atoms with E-state index in [1.54, 1.807) is 0 Å². The number of amides is 1. The van der Waals surface area contributed by atoms with E-state index in [4.69, 9.17) is 11.6 Å². The average Bonchev–Trinajstić information content (AvgIpc) is 3.40. The fraction of sp³-hybridized carbons (Fsp3) is 0.343. The fourth-order valence-corrected chi connectivity index (χ4v) is 7.32. The van der Waals surface area contributed by atoms with Crippen LogP contribution in [-0.2, 0) is 21.4 Å². The van der Waals surface area contributed by atoms with Crippen molar-refractivity contribution in [3.63, 3.8) is 0 Å². The lowest BCUT2D eigenvalue weighted by Crippen LogP contribution is -2.51. The van der Waals surface area contributed by atoms with Crippen molar-refractivity contribution >= 4 is 46.0 Å². The molecule has 3 aromatic carbocycles. The Bertz CT molecular complexity index is 1620. The molecule has 0 aliphatic carbocycles. The molecule has 6 heteroatoms. The Balaban J connectivity index is 1.66. The third-order valence-electron chi connectivity index (χ3n) is 9.01. The Morgan fingerprint density at radius 2 is 1.73 bits per heavy atom. The number of nitrogens with one attached hydrogen (secondary N) is 1. The zero-order valence-electron chi connectivity index (χ0n) is 24.1. The van der Waals surface area contributed by atoms with E-state index in [2.05, 4.69) is 18.3 Å². The third-order valence-corrected chi connectivity index (χ3v) is 9.24. The van der Waals surface area contributed by atoms with Gasteiger partial charge in [-0.1, -0.05) is 94.3 Å². The molecule has 1 saturated heterocycles. The highest BCUT2D eigenvalue weighted by Gasteiger charge is 2.71. The van der Waals surface area contributed by atoms with Gasteiger partial charge in [-0.25, -0.2) is 0 Å². The molecular weight excluding hydrogens is 532 g/mol. The van der Waals surface area contributed by atoms with Crippen LogP contribution >= 0.6 is 11.6 Å². The number of carbonyl (C=O) groups excluding carboxylic acids is 3. The Morgan fingerprint density at radius 1 is 1.02 bits per heavy atom. The second-order valence-electron chi connectivity index (χ2n) is 12.6. The number of benzene rings is 3. The highest BCUT2D eigenvalue weighted by atomic mass is 35.5. The lowest BCUT2D eigenvalue weighted by molar-refractivity contribution is -0.128. The number of Topliss-reactive ketones (excluding diaryl/α,β-unsaturated/α-hetero) is 2. The number of fused-ring (bicyclic) bond motifs is 6. The number of halogens is 1. The van der Waals surface area contributed by atoms with Crippen molar-refractivity contribution in [2.45, 2.75) is 65.0 Å². The van der Waals surface area contributed by atoms with E-state index in [0.29, 0.717) is 16.3 Å². The van der Waals surface area contributed by atoms with Gasteiger partial charge in [-0.15, -0.1) is 0 Å². The number of hydrogen-bond donors (Lipinski definition) is 1. The predicted molar refractivity (Wildman–Crippen MR) is 165 cm³/mol. The summed E-state index contributed by atoms with van der Waals surface area (Å²) in [5.74, 6) is -1.48. The van der Waals surface area contributed by atoms with Crippen molar-refractivity contribution in [2.75, 3.05) is 10.2 Å². The smallest absolute Gasteiger partial charge is 0.238 e. The van der Waals surface area contributed by atoms with Crippen LogP contribution in [0.4, 0.5) is 11.4 Å². The maximum Gasteiger partial charge on any atom is 0.238 e. The largest absolute Gasteiger partial charge is 0.352 e. The molecular formula is C35H35ClN2O3. The first-order chi connectivity index (χ1) is 19.5. The van der Waals surface area contributed by atoms with Gasteiger partial charge >= 0.3 is 0 Å². The summed E-state index contributed by atoms with van der Waals surface area (Å²) in [6, 6.07) is 19.5. The molecule has 0 bridgehead atoms. The molecule has 0 aromatic heterocycles. The standard InChI is InChI=1S/C35H35ClN2O3/c1-6-9-21-12-14-22(15-13-21)31(39)29-30(32(40)34(3,4)5)38-27-17-16-23(36)19-24(27)20(2)18-28(38)35(29)25-10-7-8-11-26(25)37-33(35)41/h7-8,10-19,28-30H,6,9H2,1-5H3,(H,37,41)/t28-,29-,30+,35-/m0/s1. The van der Waals surface area contributed by atoms with Crippen LogP contribution in [0, 0.1) is 11.3 Å². The summed E-state index contributed by atoms with van der Waals surface area (Å²) in [5.41, 5.74) is 3.71. The van der Waals surface area contributed by atoms with E-state index in [9.17, 15) is 14.4 Å². The summed E-state index contributed by atoms with van der Waals surface area (Å²) in [6.45, 7) is 9.77. The summed E-state index contributed by atoms with van der Waals surface area (Å²) in [5, 5.41) is 3.68. The maximum absolute atomic E-state index is 14.9. The molecule has 1 fully saturated rings. The highest BCUT2D eigenvalue weighted by Crippen LogP contribution is 2.59. The van der Waals surface area contributed by atoms with Gasteiger partial charge in [0.25, 0.3) is 0 Å². The summed E-state index contributed by atoms with van der Waals surface area (Å²) in [7, 11) is 0. The molecule has 1 amide bonds. The van der Waals surface area contributed by atoms with Crippen molar-refractivity contribution in [2.24, 2.45) is 11.3 Å². The fourth-order valence-electron chi connectivity index (χ4n) is 7.15. The van der Waals surface area contributed by atoms with Crippen molar-refractivity contribution in [1.29, 1.82) is 0 Å². The number of para-hydroxylation sites is 1. The molecule has 5 nitrogen and oxygen atoms in total. The molecule has 3 heterocycles. The van der Waals surface area contributed by atoms with Crippen LogP contribution in [-0.4, -0.2) is 29.6 Å². The number of carbonyl (C=O) groups is 3. The molecule has 0 saturated carbocycles. The number of rotatable bonds is 5. The molecule has 1 N–H and O–H groups in total. The van der Waals surface area contributed by atoms with Crippen LogP contribution in [0.3, 0.4) is 0 Å². The molecule has 41 heavy (non-hydrogen) atoms. The topological polar surface area (TPSA) is 66.5 Å². The minimum absolute atomic E-state index is 0.0774. The van der Waals surface area contributed by atoms with Gasteiger partial charge < -0.3 is 10.2 Å².